The zero-order valence-corrected chi connectivity index (χ0v) is 15.6. The zero-order chi connectivity index (χ0) is 20.4. The standard InChI is InChI=1S/C22H19NO6/c23-21(25)20(13-5-2-1-3-6-13)29-19(24)12-27-14-9-10-16-15-7-4-8-17(15)22(26)28-18(16)11-14/h1-3,5-6,9-11,20H,4,7-8,12H2,(H2,23,25). The molecule has 0 radical (unpaired) electrons. The number of rotatable bonds is 6. The quantitative estimate of drug-likeness (QED) is 0.509. The van der Waals surface area contributed by atoms with Gasteiger partial charge in [0.05, 0.1) is 0 Å². The predicted octanol–water partition coefficient (Wildman–Crippen LogP) is 2.43. The van der Waals surface area contributed by atoms with Crippen LogP contribution in [0.25, 0.3) is 11.0 Å². The maximum atomic E-state index is 12.1. The molecular formula is C22H19NO6. The lowest BCUT2D eigenvalue weighted by Crippen LogP contribution is -2.28. The van der Waals surface area contributed by atoms with E-state index in [2.05, 4.69) is 0 Å². The molecule has 1 aliphatic rings. The van der Waals surface area contributed by atoms with Crippen molar-refractivity contribution < 1.29 is 23.5 Å². The van der Waals surface area contributed by atoms with E-state index >= 15 is 0 Å². The second-order valence-corrected chi connectivity index (χ2v) is 6.83. The molecular weight excluding hydrogens is 374 g/mol. The summed E-state index contributed by atoms with van der Waals surface area (Å²) in [4.78, 5) is 35.9. The van der Waals surface area contributed by atoms with Crippen molar-refractivity contribution >= 4 is 22.8 Å². The number of esters is 1. The van der Waals surface area contributed by atoms with Crippen LogP contribution in [0.15, 0.2) is 57.7 Å². The van der Waals surface area contributed by atoms with Crippen LogP contribution in [0.5, 0.6) is 5.75 Å². The Balaban J connectivity index is 1.46. The van der Waals surface area contributed by atoms with Crippen LogP contribution in [0.1, 0.15) is 29.2 Å². The molecule has 2 N–H and O–H groups in total. The molecule has 1 atom stereocenters. The molecule has 1 amide bonds. The second kappa shape index (κ2) is 7.79. The number of ether oxygens (including phenoxy) is 2. The van der Waals surface area contributed by atoms with Crippen molar-refractivity contribution in [1.82, 2.24) is 0 Å². The van der Waals surface area contributed by atoms with E-state index < -0.39 is 24.6 Å². The SMILES string of the molecule is NC(=O)C(OC(=O)COc1ccc2c3c(c(=O)oc2c1)CCC3)c1ccccc1. The molecule has 148 valence electrons. The fourth-order valence-corrected chi connectivity index (χ4v) is 3.58. The molecule has 2 aromatic carbocycles. The van der Waals surface area contributed by atoms with Crippen LogP contribution >= 0.6 is 0 Å². The summed E-state index contributed by atoms with van der Waals surface area (Å²) in [5.41, 5.74) is 7.69. The average Bonchev–Trinajstić information content (AvgIpc) is 3.21. The van der Waals surface area contributed by atoms with Crippen LogP contribution in [0.4, 0.5) is 0 Å². The Morgan fingerprint density at radius 2 is 1.83 bits per heavy atom. The Labute approximate surface area is 166 Å². The number of benzene rings is 2. The Morgan fingerprint density at radius 3 is 2.59 bits per heavy atom. The van der Waals surface area contributed by atoms with Gasteiger partial charge in [0.15, 0.2) is 6.61 Å². The summed E-state index contributed by atoms with van der Waals surface area (Å²) in [7, 11) is 0. The van der Waals surface area contributed by atoms with E-state index in [1.165, 1.54) is 0 Å². The van der Waals surface area contributed by atoms with Crippen molar-refractivity contribution in [2.24, 2.45) is 5.73 Å². The molecule has 1 unspecified atom stereocenters. The fraction of sp³-hybridized carbons (Fsp3) is 0.227. The zero-order valence-electron chi connectivity index (χ0n) is 15.6. The monoisotopic (exact) mass is 393 g/mol. The van der Waals surface area contributed by atoms with E-state index in [4.69, 9.17) is 19.6 Å². The predicted molar refractivity (Wildman–Crippen MR) is 104 cm³/mol. The first kappa shape index (κ1) is 18.7. The molecule has 0 spiro atoms. The largest absolute Gasteiger partial charge is 0.482 e. The van der Waals surface area contributed by atoms with Crippen molar-refractivity contribution in [3.05, 3.63) is 75.6 Å². The van der Waals surface area contributed by atoms with Crippen LogP contribution in [0.2, 0.25) is 0 Å². The van der Waals surface area contributed by atoms with Crippen LogP contribution in [0.3, 0.4) is 0 Å². The molecule has 0 fully saturated rings. The molecule has 7 heteroatoms. The van der Waals surface area contributed by atoms with Crippen molar-refractivity contribution in [3.63, 3.8) is 0 Å². The summed E-state index contributed by atoms with van der Waals surface area (Å²) in [6, 6.07) is 13.6. The molecule has 29 heavy (non-hydrogen) atoms. The van der Waals surface area contributed by atoms with Gasteiger partial charge in [-0.25, -0.2) is 9.59 Å². The van der Waals surface area contributed by atoms with Crippen molar-refractivity contribution in [1.29, 1.82) is 0 Å². The van der Waals surface area contributed by atoms with E-state index in [0.717, 1.165) is 35.8 Å². The minimum Gasteiger partial charge on any atom is -0.482 e. The van der Waals surface area contributed by atoms with E-state index in [1.807, 2.05) is 6.07 Å². The highest BCUT2D eigenvalue weighted by Crippen LogP contribution is 2.29. The number of nitrogens with two attached hydrogens (primary N) is 1. The third-order valence-electron chi connectivity index (χ3n) is 4.91. The highest BCUT2D eigenvalue weighted by atomic mass is 16.6. The van der Waals surface area contributed by atoms with E-state index in [0.29, 0.717) is 16.9 Å². The van der Waals surface area contributed by atoms with Crippen molar-refractivity contribution in [2.75, 3.05) is 6.61 Å². The molecule has 0 saturated carbocycles. The molecule has 4 rings (SSSR count). The minimum absolute atomic E-state index is 0.325. The maximum absolute atomic E-state index is 12.1. The first-order valence-corrected chi connectivity index (χ1v) is 9.28. The first-order valence-electron chi connectivity index (χ1n) is 9.28. The third kappa shape index (κ3) is 3.85. The third-order valence-corrected chi connectivity index (χ3v) is 4.91. The van der Waals surface area contributed by atoms with Crippen LogP contribution in [0, 0.1) is 0 Å². The lowest BCUT2D eigenvalue weighted by molar-refractivity contribution is -0.157. The second-order valence-electron chi connectivity index (χ2n) is 6.83. The van der Waals surface area contributed by atoms with Crippen LogP contribution in [-0.2, 0) is 27.2 Å². The van der Waals surface area contributed by atoms with Gasteiger partial charge in [-0.1, -0.05) is 30.3 Å². The molecule has 0 aliphatic heterocycles. The highest BCUT2D eigenvalue weighted by molar-refractivity contribution is 5.84. The fourth-order valence-electron chi connectivity index (χ4n) is 3.58. The Hall–Kier alpha value is -3.61. The summed E-state index contributed by atoms with van der Waals surface area (Å²) in [6.45, 7) is -0.419. The summed E-state index contributed by atoms with van der Waals surface area (Å²) in [6.07, 6.45) is 1.33. The Morgan fingerprint density at radius 1 is 1.07 bits per heavy atom. The van der Waals surface area contributed by atoms with Gasteiger partial charge in [0, 0.05) is 22.6 Å². The van der Waals surface area contributed by atoms with Gasteiger partial charge in [-0.3, -0.25) is 4.79 Å². The summed E-state index contributed by atoms with van der Waals surface area (Å²) < 4.78 is 16.0. The number of primary amides is 1. The Kier molecular flexibility index (Phi) is 5.03. The molecule has 0 bridgehead atoms. The van der Waals surface area contributed by atoms with Gasteiger partial charge in [0.25, 0.3) is 5.91 Å². The number of aryl methyl sites for hydroxylation is 1. The van der Waals surface area contributed by atoms with Gasteiger partial charge in [0.2, 0.25) is 6.10 Å². The molecule has 1 heterocycles. The number of hydrogen-bond acceptors (Lipinski definition) is 6. The van der Waals surface area contributed by atoms with Gasteiger partial charge in [-0.05, 0) is 37.0 Å². The number of carbonyl (C=O) groups excluding carboxylic acids is 2. The summed E-state index contributed by atoms with van der Waals surface area (Å²) >= 11 is 0. The highest BCUT2D eigenvalue weighted by Gasteiger charge is 2.23. The molecule has 7 nitrogen and oxygen atoms in total. The van der Waals surface area contributed by atoms with Gasteiger partial charge < -0.3 is 19.6 Å². The van der Waals surface area contributed by atoms with Gasteiger partial charge in [-0.15, -0.1) is 0 Å². The van der Waals surface area contributed by atoms with Crippen LogP contribution < -0.4 is 16.1 Å². The van der Waals surface area contributed by atoms with Gasteiger partial charge in [-0.2, -0.15) is 0 Å². The Bertz CT molecular complexity index is 1140. The van der Waals surface area contributed by atoms with E-state index in [9.17, 15) is 14.4 Å². The number of hydrogen-bond donors (Lipinski definition) is 1. The summed E-state index contributed by atoms with van der Waals surface area (Å²) in [5.74, 6) is -1.16. The first-order chi connectivity index (χ1) is 14.0. The number of fused-ring (bicyclic) bond motifs is 3. The lowest BCUT2D eigenvalue weighted by Gasteiger charge is -2.15. The van der Waals surface area contributed by atoms with Crippen molar-refractivity contribution in [3.8, 4) is 5.75 Å². The minimum atomic E-state index is -1.19. The normalized spacial score (nSPS) is 13.7. The maximum Gasteiger partial charge on any atom is 0.345 e. The van der Waals surface area contributed by atoms with Gasteiger partial charge >= 0.3 is 11.6 Å². The van der Waals surface area contributed by atoms with Crippen molar-refractivity contribution in [2.45, 2.75) is 25.4 Å². The van der Waals surface area contributed by atoms with E-state index in [-0.39, 0.29) is 5.63 Å². The number of amides is 1. The van der Waals surface area contributed by atoms with Crippen LogP contribution in [-0.4, -0.2) is 18.5 Å². The molecule has 1 aromatic heterocycles. The average molecular weight is 393 g/mol. The van der Waals surface area contributed by atoms with E-state index in [1.54, 1.807) is 42.5 Å². The molecule has 3 aromatic rings. The summed E-state index contributed by atoms with van der Waals surface area (Å²) in [5, 5.41) is 0.880. The lowest BCUT2D eigenvalue weighted by atomic mass is 10.1. The topological polar surface area (TPSA) is 109 Å². The molecule has 1 aliphatic carbocycles. The smallest absolute Gasteiger partial charge is 0.345 e. The molecule has 0 saturated heterocycles. The van der Waals surface area contributed by atoms with Gasteiger partial charge in [0.1, 0.15) is 11.3 Å². The number of carbonyl (C=O) groups is 2.